The van der Waals surface area contributed by atoms with Crippen LogP contribution in [0.15, 0.2) is 22.6 Å². The molecule has 0 radical (unpaired) electrons. The Hall–Kier alpha value is -2.67. The van der Waals surface area contributed by atoms with E-state index in [4.69, 9.17) is 9.15 Å². The van der Waals surface area contributed by atoms with E-state index in [-0.39, 0.29) is 6.61 Å². The number of aromatic nitrogens is 4. The van der Waals surface area contributed by atoms with E-state index in [1.165, 1.54) is 5.56 Å². The van der Waals surface area contributed by atoms with Gasteiger partial charge in [-0.15, -0.1) is 5.10 Å². The van der Waals surface area contributed by atoms with Crippen LogP contribution in [0.5, 0.6) is 5.88 Å². The first-order chi connectivity index (χ1) is 12.2. The van der Waals surface area contributed by atoms with Gasteiger partial charge in [0.25, 0.3) is 0 Å². The van der Waals surface area contributed by atoms with E-state index in [2.05, 4.69) is 21.1 Å². The van der Waals surface area contributed by atoms with E-state index in [0.29, 0.717) is 29.8 Å². The van der Waals surface area contributed by atoms with Gasteiger partial charge in [0, 0.05) is 5.69 Å². The van der Waals surface area contributed by atoms with Crippen molar-refractivity contribution in [1.82, 2.24) is 19.7 Å². The fourth-order valence-corrected chi connectivity index (χ4v) is 3.22. The van der Waals surface area contributed by atoms with Crippen LogP contribution in [-0.4, -0.2) is 38.6 Å². The molecule has 0 spiro atoms. The average Bonchev–Trinajstić information content (AvgIpc) is 3.32. The third-order valence-corrected chi connectivity index (χ3v) is 4.39. The second-order valence-electron chi connectivity index (χ2n) is 6.12. The second kappa shape index (κ2) is 6.33. The van der Waals surface area contributed by atoms with Crippen molar-refractivity contribution in [3.05, 3.63) is 35.2 Å². The lowest BCUT2D eigenvalue weighted by Crippen LogP contribution is -2.07. The summed E-state index contributed by atoms with van der Waals surface area (Å²) in [7, 11) is 1.61. The van der Waals surface area contributed by atoms with Gasteiger partial charge in [0.15, 0.2) is 11.6 Å². The number of aliphatic hydroxyl groups is 1. The molecule has 4 rings (SSSR count). The Balaban J connectivity index is 1.85. The minimum atomic E-state index is -0.0341. The number of methoxy groups -OCH3 is 1. The molecule has 0 bridgehead atoms. The van der Waals surface area contributed by atoms with Gasteiger partial charge in [-0.25, -0.2) is 14.6 Å². The SMILES string of the molecule is COc1nc2c(cc1-c1nc(-c3ccc(C)o3)nn1CCO)CCC2. The predicted molar refractivity (Wildman–Crippen MR) is 91.4 cm³/mol. The van der Waals surface area contributed by atoms with Gasteiger partial charge in [0.1, 0.15) is 5.76 Å². The van der Waals surface area contributed by atoms with E-state index < -0.39 is 0 Å². The second-order valence-corrected chi connectivity index (χ2v) is 6.12. The maximum Gasteiger partial charge on any atom is 0.224 e. The van der Waals surface area contributed by atoms with E-state index in [0.717, 1.165) is 36.3 Å². The maximum atomic E-state index is 9.40. The van der Waals surface area contributed by atoms with Crippen LogP contribution in [0.2, 0.25) is 0 Å². The molecule has 0 aromatic carbocycles. The molecule has 3 aromatic heterocycles. The summed E-state index contributed by atoms with van der Waals surface area (Å²) in [6.45, 7) is 2.18. The molecule has 3 aromatic rings. The van der Waals surface area contributed by atoms with Crippen molar-refractivity contribution >= 4 is 0 Å². The van der Waals surface area contributed by atoms with E-state index in [1.807, 2.05) is 19.1 Å². The Kier molecular flexibility index (Phi) is 4.01. The lowest BCUT2D eigenvalue weighted by atomic mass is 10.1. The van der Waals surface area contributed by atoms with Gasteiger partial charge in [-0.1, -0.05) is 0 Å². The number of ether oxygens (including phenoxy) is 1. The molecule has 0 atom stereocenters. The normalized spacial score (nSPS) is 13.2. The van der Waals surface area contributed by atoms with Crippen molar-refractivity contribution in [2.75, 3.05) is 13.7 Å². The molecule has 130 valence electrons. The van der Waals surface area contributed by atoms with Crippen molar-refractivity contribution in [2.45, 2.75) is 32.7 Å². The van der Waals surface area contributed by atoms with Crippen molar-refractivity contribution in [1.29, 1.82) is 0 Å². The van der Waals surface area contributed by atoms with Crippen LogP contribution in [0.1, 0.15) is 23.4 Å². The number of hydrogen-bond acceptors (Lipinski definition) is 6. The van der Waals surface area contributed by atoms with Crippen molar-refractivity contribution in [3.63, 3.8) is 0 Å². The van der Waals surface area contributed by atoms with E-state index in [1.54, 1.807) is 11.8 Å². The summed E-state index contributed by atoms with van der Waals surface area (Å²) in [4.78, 5) is 9.29. The summed E-state index contributed by atoms with van der Waals surface area (Å²) in [5, 5.41) is 13.9. The topological polar surface area (TPSA) is 86.2 Å². The highest BCUT2D eigenvalue weighted by atomic mass is 16.5. The standard InChI is InChI=1S/C18H20N4O3/c1-11-6-7-15(25-11)16-20-17(22(21-16)8-9-23)13-10-12-4-3-5-14(12)19-18(13)24-2/h6-7,10,23H,3-5,8-9H2,1-2H3. The third-order valence-electron chi connectivity index (χ3n) is 4.39. The third kappa shape index (κ3) is 2.80. The molecule has 25 heavy (non-hydrogen) atoms. The molecule has 7 heteroatoms. The molecular weight excluding hydrogens is 320 g/mol. The van der Waals surface area contributed by atoms with Gasteiger partial charge in [-0.05, 0) is 49.9 Å². The molecule has 0 unspecified atom stereocenters. The zero-order valence-electron chi connectivity index (χ0n) is 14.3. The molecule has 0 saturated heterocycles. The number of fused-ring (bicyclic) bond motifs is 1. The molecule has 0 aliphatic heterocycles. The molecule has 7 nitrogen and oxygen atoms in total. The van der Waals surface area contributed by atoms with Crippen LogP contribution < -0.4 is 4.74 Å². The largest absolute Gasteiger partial charge is 0.480 e. The van der Waals surface area contributed by atoms with Crippen LogP contribution in [0.25, 0.3) is 23.0 Å². The van der Waals surface area contributed by atoms with Crippen molar-refractivity contribution in [3.8, 4) is 28.9 Å². The Bertz CT molecular complexity index is 913. The summed E-state index contributed by atoms with van der Waals surface area (Å²) in [6, 6.07) is 5.80. The molecular formula is C18H20N4O3. The van der Waals surface area contributed by atoms with Crippen LogP contribution in [-0.2, 0) is 19.4 Å². The number of aryl methyl sites for hydroxylation is 3. The quantitative estimate of drug-likeness (QED) is 0.767. The lowest BCUT2D eigenvalue weighted by molar-refractivity contribution is 0.270. The number of furan rings is 1. The van der Waals surface area contributed by atoms with Gasteiger partial charge in [0.2, 0.25) is 11.7 Å². The van der Waals surface area contributed by atoms with Gasteiger partial charge >= 0.3 is 0 Å². The van der Waals surface area contributed by atoms with Gasteiger partial charge in [0.05, 0.1) is 25.8 Å². The van der Waals surface area contributed by atoms with E-state index >= 15 is 0 Å². The first kappa shape index (κ1) is 15.8. The summed E-state index contributed by atoms with van der Waals surface area (Å²) in [6.07, 6.45) is 3.10. The number of nitrogens with zero attached hydrogens (tertiary/aromatic N) is 4. The fraction of sp³-hybridized carbons (Fsp3) is 0.389. The van der Waals surface area contributed by atoms with Crippen LogP contribution in [0.3, 0.4) is 0 Å². The predicted octanol–water partition coefficient (Wildman–Crippen LogP) is 2.40. The Morgan fingerprint density at radius 2 is 2.16 bits per heavy atom. The molecule has 0 saturated carbocycles. The Labute approximate surface area is 145 Å². The maximum absolute atomic E-state index is 9.40. The van der Waals surface area contributed by atoms with Gasteiger partial charge in [-0.3, -0.25) is 0 Å². The highest BCUT2D eigenvalue weighted by Crippen LogP contribution is 2.34. The molecule has 1 aliphatic carbocycles. The number of hydrogen-bond donors (Lipinski definition) is 1. The summed E-state index contributed by atoms with van der Waals surface area (Å²) < 4.78 is 12.8. The number of pyridine rings is 1. The summed E-state index contributed by atoms with van der Waals surface area (Å²) >= 11 is 0. The summed E-state index contributed by atoms with van der Waals surface area (Å²) in [5.74, 6) is 3.04. The molecule has 0 amide bonds. The van der Waals surface area contributed by atoms with Crippen molar-refractivity contribution < 1.29 is 14.3 Å². The molecule has 1 N–H and O–H groups in total. The van der Waals surface area contributed by atoms with Crippen LogP contribution in [0.4, 0.5) is 0 Å². The minimum absolute atomic E-state index is 0.0341. The number of rotatable bonds is 5. The zero-order chi connectivity index (χ0) is 17.4. The summed E-state index contributed by atoms with van der Waals surface area (Å²) in [5.41, 5.74) is 3.11. The lowest BCUT2D eigenvalue weighted by Gasteiger charge is -2.10. The number of aliphatic hydroxyl groups excluding tert-OH is 1. The first-order valence-electron chi connectivity index (χ1n) is 8.39. The van der Waals surface area contributed by atoms with Gasteiger partial charge < -0.3 is 14.3 Å². The zero-order valence-corrected chi connectivity index (χ0v) is 14.3. The molecule has 3 heterocycles. The Morgan fingerprint density at radius 1 is 1.28 bits per heavy atom. The fourth-order valence-electron chi connectivity index (χ4n) is 3.22. The smallest absolute Gasteiger partial charge is 0.224 e. The van der Waals surface area contributed by atoms with Crippen LogP contribution in [0, 0.1) is 6.92 Å². The van der Waals surface area contributed by atoms with Crippen LogP contribution >= 0.6 is 0 Å². The van der Waals surface area contributed by atoms with E-state index in [9.17, 15) is 5.11 Å². The monoisotopic (exact) mass is 340 g/mol. The molecule has 1 aliphatic rings. The minimum Gasteiger partial charge on any atom is -0.480 e. The Morgan fingerprint density at radius 3 is 2.88 bits per heavy atom. The highest BCUT2D eigenvalue weighted by molar-refractivity contribution is 5.66. The average molecular weight is 340 g/mol. The van der Waals surface area contributed by atoms with Gasteiger partial charge in [-0.2, -0.15) is 0 Å². The van der Waals surface area contributed by atoms with Crippen molar-refractivity contribution in [2.24, 2.45) is 0 Å². The highest BCUT2D eigenvalue weighted by Gasteiger charge is 2.23. The first-order valence-corrected chi connectivity index (χ1v) is 8.39. The molecule has 0 fully saturated rings.